The number of amides is 1. The lowest BCUT2D eigenvalue weighted by Gasteiger charge is -2.05. The Morgan fingerprint density at radius 1 is 1.27 bits per heavy atom. The van der Waals surface area contributed by atoms with Crippen molar-refractivity contribution in [2.45, 2.75) is 26.2 Å². The van der Waals surface area contributed by atoms with Crippen LogP contribution in [0.25, 0.3) is 10.6 Å². The fourth-order valence-electron chi connectivity index (χ4n) is 1.89. The van der Waals surface area contributed by atoms with Crippen LogP contribution < -0.4 is 5.32 Å². The molecule has 0 atom stereocenters. The molecule has 0 saturated carbocycles. The van der Waals surface area contributed by atoms with Gasteiger partial charge >= 0.3 is 5.97 Å². The molecule has 0 radical (unpaired) electrons. The monoisotopic (exact) mass is 318 g/mol. The number of aliphatic carboxylic acids is 1. The molecule has 22 heavy (non-hydrogen) atoms. The number of hydrogen-bond donors (Lipinski definition) is 2. The molecule has 0 spiro atoms. The molecule has 0 saturated heterocycles. The summed E-state index contributed by atoms with van der Waals surface area (Å²) in [7, 11) is 0. The van der Waals surface area contributed by atoms with Gasteiger partial charge in [-0.1, -0.05) is 38.1 Å². The van der Waals surface area contributed by atoms with Gasteiger partial charge in [-0.15, -0.1) is 11.3 Å². The largest absolute Gasteiger partial charge is 0.481 e. The smallest absolute Gasteiger partial charge is 0.305 e. The maximum absolute atomic E-state index is 11.9. The van der Waals surface area contributed by atoms with Crippen LogP contribution in [0.15, 0.2) is 29.6 Å². The lowest BCUT2D eigenvalue weighted by molar-refractivity contribution is -0.136. The summed E-state index contributed by atoms with van der Waals surface area (Å²) in [5, 5.41) is 13.5. The quantitative estimate of drug-likeness (QED) is 0.857. The number of nitrogens with one attached hydrogen (secondary N) is 1. The Morgan fingerprint density at radius 3 is 2.55 bits per heavy atom. The van der Waals surface area contributed by atoms with Gasteiger partial charge in [0.25, 0.3) is 5.91 Å². The summed E-state index contributed by atoms with van der Waals surface area (Å²) in [5.74, 6) is -0.812. The first kappa shape index (κ1) is 16.2. The zero-order valence-electron chi connectivity index (χ0n) is 12.5. The van der Waals surface area contributed by atoms with Crippen LogP contribution in [0.5, 0.6) is 0 Å². The van der Waals surface area contributed by atoms with E-state index >= 15 is 0 Å². The van der Waals surface area contributed by atoms with Crippen molar-refractivity contribution in [3.63, 3.8) is 0 Å². The van der Waals surface area contributed by atoms with Gasteiger partial charge in [0.2, 0.25) is 0 Å². The lowest BCUT2D eigenvalue weighted by atomic mass is 10.0. The Labute approximate surface area is 133 Å². The molecule has 1 aromatic carbocycles. The van der Waals surface area contributed by atoms with Crippen molar-refractivity contribution in [3.8, 4) is 10.6 Å². The van der Waals surface area contributed by atoms with Crippen LogP contribution in [0.1, 0.15) is 42.2 Å². The average molecular weight is 318 g/mol. The van der Waals surface area contributed by atoms with E-state index in [1.54, 1.807) is 5.38 Å². The number of carboxylic acids is 1. The highest BCUT2D eigenvalue weighted by Gasteiger charge is 2.12. The molecule has 2 rings (SSSR count). The third-order valence-corrected chi connectivity index (χ3v) is 4.08. The van der Waals surface area contributed by atoms with E-state index in [0.29, 0.717) is 11.6 Å². The van der Waals surface area contributed by atoms with E-state index in [0.717, 1.165) is 10.6 Å². The molecule has 0 aliphatic rings. The molecule has 0 bridgehead atoms. The van der Waals surface area contributed by atoms with Crippen LogP contribution in [-0.2, 0) is 4.79 Å². The molecule has 2 N–H and O–H groups in total. The second-order valence-electron chi connectivity index (χ2n) is 5.21. The number of rotatable bonds is 6. The van der Waals surface area contributed by atoms with E-state index in [9.17, 15) is 9.59 Å². The van der Waals surface area contributed by atoms with Crippen molar-refractivity contribution >= 4 is 23.2 Å². The maximum atomic E-state index is 11.9. The van der Waals surface area contributed by atoms with Gasteiger partial charge < -0.3 is 10.4 Å². The van der Waals surface area contributed by atoms with Crippen molar-refractivity contribution < 1.29 is 14.7 Å². The average Bonchev–Trinajstić information content (AvgIpc) is 2.96. The first-order chi connectivity index (χ1) is 10.5. The predicted molar refractivity (Wildman–Crippen MR) is 86.2 cm³/mol. The standard InChI is InChI=1S/C16H18N2O3S/c1-10(2)11-3-5-12(6-4-11)16-18-13(9-22-16)15(21)17-8-7-14(19)20/h3-6,9-10H,7-8H2,1-2H3,(H,17,21)(H,19,20). The van der Waals surface area contributed by atoms with Crippen LogP contribution in [0.2, 0.25) is 0 Å². The SMILES string of the molecule is CC(C)c1ccc(-c2nc(C(=O)NCCC(=O)O)cs2)cc1. The number of aromatic nitrogens is 1. The van der Waals surface area contributed by atoms with Gasteiger partial charge in [-0.3, -0.25) is 9.59 Å². The summed E-state index contributed by atoms with van der Waals surface area (Å²) in [6.45, 7) is 4.38. The van der Waals surface area contributed by atoms with Crippen molar-refractivity contribution in [2.75, 3.05) is 6.54 Å². The van der Waals surface area contributed by atoms with Crippen LogP contribution in [-0.4, -0.2) is 28.5 Å². The topological polar surface area (TPSA) is 79.3 Å². The predicted octanol–water partition coefficient (Wildman–Crippen LogP) is 3.14. The molecule has 1 amide bonds. The van der Waals surface area contributed by atoms with Gasteiger partial charge in [0.15, 0.2) is 0 Å². The minimum absolute atomic E-state index is 0.0978. The zero-order valence-corrected chi connectivity index (χ0v) is 13.3. The van der Waals surface area contributed by atoms with E-state index in [-0.39, 0.29) is 18.9 Å². The highest BCUT2D eigenvalue weighted by atomic mass is 32.1. The number of carboxylic acid groups (broad SMARTS) is 1. The number of carbonyl (C=O) groups is 2. The number of hydrogen-bond acceptors (Lipinski definition) is 4. The van der Waals surface area contributed by atoms with Gasteiger partial charge in [0.05, 0.1) is 6.42 Å². The minimum atomic E-state index is -0.940. The molecular weight excluding hydrogens is 300 g/mol. The molecule has 2 aromatic rings. The van der Waals surface area contributed by atoms with Crippen LogP contribution in [0.4, 0.5) is 0 Å². The third-order valence-electron chi connectivity index (χ3n) is 3.19. The van der Waals surface area contributed by atoms with E-state index in [2.05, 4.69) is 36.3 Å². The molecule has 0 fully saturated rings. The Morgan fingerprint density at radius 2 is 1.95 bits per heavy atom. The molecule has 6 heteroatoms. The van der Waals surface area contributed by atoms with Gasteiger partial charge in [0, 0.05) is 17.5 Å². The van der Waals surface area contributed by atoms with Gasteiger partial charge in [-0.05, 0) is 11.5 Å². The molecular formula is C16H18N2O3S. The number of nitrogens with zero attached hydrogens (tertiary/aromatic N) is 1. The molecule has 1 heterocycles. The van der Waals surface area contributed by atoms with Gasteiger partial charge in [0.1, 0.15) is 10.7 Å². The second-order valence-corrected chi connectivity index (χ2v) is 6.07. The van der Waals surface area contributed by atoms with Crippen molar-refractivity contribution in [2.24, 2.45) is 0 Å². The van der Waals surface area contributed by atoms with E-state index in [1.807, 2.05) is 12.1 Å². The molecule has 116 valence electrons. The van der Waals surface area contributed by atoms with Gasteiger partial charge in [-0.2, -0.15) is 0 Å². The first-order valence-corrected chi connectivity index (χ1v) is 7.91. The Kier molecular flexibility index (Phi) is 5.27. The van der Waals surface area contributed by atoms with Crippen molar-refractivity contribution in [1.29, 1.82) is 0 Å². The third kappa shape index (κ3) is 4.14. The maximum Gasteiger partial charge on any atom is 0.305 e. The van der Waals surface area contributed by atoms with E-state index in [1.165, 1.54) is 16.9 Å². The fourth-order valence-corrected chi connectivity index (χ4v) is 2.70. The normalized spacial score (nSPS) is 10.7. The highest BCUT2D eigenvalue weighted by molar-refractivity contribution is 7.13. The highest BCUT2D eigenvalue weighted by Crippen LogP contribution is 2.25. The minimum Gasteiger partial charge on any atom is -0.481 e. The molecule has 1 aromatic heterocycles. The van der Waals surface area contributed by atoms with Crippen molar-refractivity contribution in [3.05, 3.63) is 40.9 Å². The lowest BCUT2D eigenvalue weighted by Crippen LogP contribution is -2.26. The molecule has 0 aliphatic heterocycles. The van der Waals surface area contributed by atoms with Crippen LogP contribution in [0.3, 0.4) is 0 Å². The summed E-state index contributed by atoms with van der Waals surface area (Å²) in [4.78, 5) is 26.6. The summed E-state index contributed by atoms with van der Waals surface area (Å²) < 4.78 is 0. The number of thiazole rings is 1. The second kappa shape index (κ2) is 7.17. The van der Waals surface area contributed by atoms with Crippen LogP contribution >= 0.6 is 11.3 Å². The Balaban J connectivity index is 2.04. The molecule has 0 aliphatic carbocycles. The van der Waals surface area contributed by atoms with Crippen LogP contribution in [0, 0.1) is 0 Å². The fraction of sp³-hybridized carbons (Fsp3) is 0.312. The number of carbonyl (C=O) groups excluding carboxylic acids is 1. The number of benzene rings is 1. The van der Waals surface area contributed by atoms with Gasteiger partial charge in [-0.25, -0.2) is 4.98 Å². The van der Waals surface area contributed by atoms with E-state index < -0.39 is 5.97 Å². The van der Waals surface area contributed by atoms with Crippen molar-refractivity contribution in [1.82, 2.24) is 10.3 Å². The van der Waals surface area contributed by atoms with E-state index in [4.69, 9.17) is 5.11 Å². The summed E-state index contributed by atoms with van der Waals surface area (Å²) in [5.41, 5.74) is 2.55. The summed E-state index contributed by atoms with van der Waals surface area (Å²) >= 11 is 1.40. The molecule has 0 unspecified atom stereocenters. The zero-order chi connectivity index (χ0) is 16.1. The summed E-state index contributed by atoms with van der Waals surface area (Å²) in [6.07, 6.45) is -0.0978. The molecule has 5 nitrogen and oxygen atoms in total. The Bertz CT molecular complexity index is 662. The Hall–Kier alpha value is -2.21. The summed E-state index contributed by atoms with van der Waals surface area (Å²) in [6, 6.07) is 8.13. The first-order valence-electron chi connectivity index (χ1n) is 7.03.